The zero-order chi connectivity index (χ0) is 13.3. The van der Waals surface area contributed by atoms with E-state index in [1.165, 1.54) is 0 Å². The maximum Gasteiger partial charge on any atom is 0.334 e. The van der Waals surface area contributed by atoms with Gasteiger partial charge in [-0.2, -0.15) is 0 Å². The number of carbonyl (C=O) groups excluding carboxylic acids is 1. The highest BCUT2D eigenvalue weighted by atomic mass is 28.4. The summed E-state index contributed by atoms with van der Waals surface area (Å²) < 4.78 is 11.1. The van der Waals surface area contributed by atoms with E-state index in [9.17, 15) is 4.79 Å². The fraction of sp³-hybridized carbons (Fsp3) is 0.917. The van der Waals surface area contributed by atoms with Gasteiger partial charge in [-0.15, -0.1) is 0 Å². The number of hydrogen-bond donors (Lipinski definition) is 1. The van der Waals surface area contributed by atoms with E-state index in [0.29, 0.717) is 12.8 Å². The average molecular weight is 260 g/mol. The van der Waals surface area contributed by atoms with Crippen molar-refractivity contribution in [1.82, 2.24) is 0 Å². The second-order valence-corrected chi connectivity index (χ2v) is 10.9. The van der Waals surface area contributed by atoms with Crippen molar-refractivity contribution in [1.29, 1.82) is 0 Å². The smallest absolute Gasteiger partial charge is 0.334 e. The van der Waals surface area contributed by atoms with E-state index in [4.69, 9.17) is 14.3 Å². The van der Waals surface area contributed by atoms with Gasteiger partial charge in [0.05, 0.1) is 6.61 Å². The number of carbonyl (C=O) groups is 1. The summed E-state index contributed by atoms with van der Waals surface area (Å²) in [4.78, 5) is 11.7. The number of rotatable bonds is 3. The summed E-state index contributed by atoms with van der Waals surface area (Å²) in [5.74, 6) is -0.319. The lowest BCUT2D eigenvalue weighted by atomic mass is 10.1. The zero-order valence-electron chi connectivity index (χ0n) is 11.4. The first kappa shape index (κ1) is 14.7. The van der Waals surface area contributed by atoms with E-state index in [0.717, 1.165) is 0 Å². The molecule has 17 heavy (non-hydrogen) atoms. The molecule has 0 aromatic heterocycles. The Bertz CT molecular complexity index is 283. The molecule has 5 heteroatoms. The van der Waals surface area contributed by atoms with Crippen molar-refractivity contribution in [3.63, 3.8) is 0 Å². The molecule has 0 aromatic carbocycles. The van der Waals surface area contributed by atoms with Crippen molar-refractivity contribution in [2.24, 2.45) is 0 Å². The average Bonchev–Trinajstić information content (AvgIpc) is 2.19. The minimum absolute atomic E-state index is 0.0844. The van der Waals surface area contributed by atoms with Crippen molar-refractivity contribution < 1.29 is 19.1 Å². The summed E-state index contributed by atoms with van der Waals surface area (Å²) in [6.07, 6.45) is 0.540. The van der Waals surface area contributed by atoms with Crippen LogP contribution >= 0.6 is 0 Å². The van der Waals surface area contributed by atoms with Crippen LogP contribution in [0, 0.1) is 0 Å². The molecule has 0 spiro atoms. The molecular formula is C12H24O4Si. The highest BCUT2D eigenvalue weighted by Crippen LogP contribution is 2.38. The Morgan fingerprint density at radius 2 is 2.00 bits per heavy atom. The lowest BCUT2D eigenvalue weighted by Crippen LogP contribution is -2.49. The van der Waals surface area contributed by atoms with Crippen molar-refractivity contribution in [2.75, 3.05) is 6.61 Å². The minimum Gasteiger partial charge on any atom is -0.458 e. The van der Waals surface area contributed by atoms with Crippen LogP contribution in [0.25, 0.3) is 0 Å². The molecule has 2 atom stereocenters. The molecule has 1 aliphatic heterocycles. The topological polar surface area (TPSA) is 55.8 Å². The van der Waals surface area contributed by atoms with Gasteiger partial charge in [-0.3, -0.25) is 0 Å². The van der Waals surface area contributed by atoms with Gasteiger partial charge >= 0.3 is 5.97 Å². The van der Waals surface area contributed by atoms with Crippen LogP contribution in [0.5, 0.6) is 0 Å². The molecule has 4 nitrogen and oxygen atoms in total. The number of esters is 1. The summed E-state index contributed by atoms with van der Waals surface area (Å²) in [7, 11) is -1.93. The Morgan fingerprint density at radius 3 is 2.41 bits per heavy atom. The highest BCUT2D eigenvalue weighted by molar-refractivity contribution is 6.74. The van der Waals surface area contributed by atoms with Crippen LogP contribution < -0.4 is 0 Å². The van der Waals surface area contributed by atoms with E-state index in [-0.39, 0.29) is 23.7 Å². The minimum atomic E-state index is -1.93. The fourth-order valence-electron chi connectivity index (χ4n) is 1.52. The molecule has 1 heterocycles. The maximum atomic E-state index is 11.7. The van der Waals surface area contributed by atoms with E-state index in [2.05, 4.69) is 33.9 Å². The van der Waals surface area contributed by atoms with Crippen molar-refractivity contribution in [3.05, 3.63) is 0 Å². The molecule has 1 rings (SSSR count). The molecule has 2 unspecified atom stereocenters. The third kappa shape index (κ3) is 3.53. The largest absolute Gasteiger partial charge is 0.458 e. The molecule has 0 amide bonds. The Morgan fingerprint density at radius 1 is 1.41 bits per heavy atom. The van der Waals surface area contributed by atoms with Gasteiger partial charge in [0.1, 0.15) is 12.2 Å². The summed E-state index contributed by atoms with van der Waals surface area (Å²) in [5, 5.41) is 9.03. The molecule has 1 fully saturated rings. The second-order valence-electron chi connectivity index (χ2n) is 6.19. The van der Waals surface area contributed by atoms with Crippen LogP contribution in [-0.4, -0.2) is 38.2 Å². The first-order valence-electron chi connectivity index (χ1n) is 6.16. The molecule has 100 valence electrons. The van der Waals surface area contributed by atoms with Crippen LogP contribution in [-0.2, 0) is 14.0 Å². The third-order valence-corrected chi connectivity index (χ3v) is 8.23. The van der Waals surface area contributed by atoms with Gasteiger partial charge < -0.3 is 14.3 Å². The summed E-state index contributed by atoms with van der Waals surface area (Å²) in [5.41, 5.74) is 0. The van der Waals surface area contributed by atoms with Crippen LogP contribution in [0.15, 0.2) is 0 Å². The maximum absolute atomic E-state index is 11.7. The number of hydrogen-bond acceptors (Lipinski definition) is 4. The molecular weight excluding hydrogens is 236 g/mol. The van der Waals surface area contributed by atoms with Crippen molar-refractivity contribution >= 4 is 14.3 Å². The summed E-state index contributed by atoms with van der Waals surface area (Å²) in [6, 6.07) is 0. The van der Waals surface area contributed by atoms with Crippen LogP contribution in [0.1, 0.15) is 33.6 Å². The van der Waals surface area contributed by atoms with Gasteiger partial charge in [0.25, 0.3) is 0 Å². The van der Waals surface area contributed by atoms with Gasteiger partial charge in [0.15, 0.2) is 8.32 Å². The van der Waals surface area contributed by atoms with Gasteiger partial charge in [-0.05, 0) is 31.0 Å². The van der Waals surface area contributed by atoms with Crippen LogP contribution in [0.3, 0.4) is 0 Å². The van der Waals surface area contributed by atoms with Crippen molar-refractivity contribution in [3.8, 4) is 0 Å². The first-order valence-corrected chi connectivity index (χ1v) is 9.07. The molecule has 0 aliphatic carbocycles. The molecule has 0 aromatic rings. The molecule has 0 radical (unpaired) electrons. The molecule has 1 aliphatic rings. The van der Waals surface area contributed by atoms with E-state index in [1.807, 2.05) is 0 Å². The lowest BCUT2D eigenvalue weighted by Gasteiger charge is -2.40. The lowest BCUT2D eigenvalue weighted by molar-refractivity contribution is -0.167. The van der Waals surface area contributed by atoms with Gasteiger partial charge in [0.2, 0.25) is 0 Å². The first-order chi connectivity index (χ1) is 7.67. The summed E-state index contributed by atoms with van der Waals surface area (Å²) in [6.45, 7) is 10.6. The number of aliphatic hydroxyl groups excluding tert-OH is 1. The molecule has 0 bridgehead atoms. The van der Waals surface area contributed by atoms with Gasteiger partial charge in [0, 0.05) is 0 Å². The molecule has 1 saturated heterocycles. The Hall–Kier alpha value is -0.393. The standard InChI is InChI=1S/C12H24O4Si/c1-12(2,3)17(4,5)16-10-7-6-9(8-13)15-11(10)14/h9-10,13H,6-8H2,1-5H3. The van der Waals surface area contributed by atoms with E-state index >= 15 is 0 Å². The quantitative estimate of drug-likeness (QED) is 0.623. The van der Waals surface area contributed by atoms with E-state index < -0.39 is 14.4 Å². The molecule has 0 saturated carbocycles. The second kappa shape index (κ2) is 5.08. The van der Waals surface area contributed by atoms with Crippen LogP contribution in [0.4, 0.5) is 0 Å². The predicted octanol–water partition coefficient (Wildman–Crippen LogP) is 2.07. The Balaban J connectivity index is 2.62. The highest BCUT2D eigenvalue weighted by Gasteiger charge is 2.42. The number of ether oxygens (including phenoxy) is 1. The Kier molecular flexibility index (Phi) is 4.38. The fourth-order valence-corrected chi connectivity index (χ4v) is 2.80. The zero-order valence-corrected chi connectivity index (χ0v) is 12.4. The summed E-state index contributed by atoms with van der Waals surface area (Å²) >= 11 is 0. The van der Waals surface area contributed by atoms with Gasteiger partial charge in [-0.25, -0.2) is 4.79 Å². The normalized spacial score (nSPS) is 26.8. The monoisotopic (exact) mass is 260 g/mol. The Labute approximate surface area is 104 Å². The van der Waals surface area contributed by atoms with Gasteiger partial charge in [-0.1, -0.05) is 20.8 Å². The number of cyclic esters (lactones) is 1. The molecule has 1 N–H and O–H groups in total. The predicted molar refractivity (Wildman–Crippen MR) is 68.3 cm³/mol. The van der Waals surface area contributed by atoms with Crippen LogP contribution in [0.2, 0.25) is 18.1 Å². The van der Waals surface area contributed by atoms with Crippen molar-refractivity contribution in [2.45, 2.75) is 64.0 Å². The SMILES string of the molecule is CC(C)(C)[Si](C)(C)OC1CCC(CO)OC1=O. The number of aliphatic hydroxyl groups is 1. The third-order valence-electron chi connectivity index (χ3n) is 3.74. The van der Waals surface area contributed by atoms with E-state index in [1.54, 1.807) is 0 Å².